The van der Waals surface area contributed by atoms with E-state index in [1.54, 1.807) is 0 Å². The molecule has 0 aromatic heterocycles. The highest BCUT2D eigenvalue weighted by molar-refractivity contribution is 9.09. The normalized spacial score (nSPS) is 52.2. The lowest BCUT2D eigenvalue weighted by Crippen LogP contribution is -2.50. The van der Waals surface area contributed by atoms with Crippen LogP contribution in [0.1, 0.15) is 78.1 Å². The van der Waals surface area contributed by atoms with Gasteiger partial charge in [-0.25, -0.2) is 0 Å². The van der Waals surface area contributed by atoms with E-state index in [0.717, 1.165) is 48.9 Å². The first-order chi connectivity index (χ1) is 11.8. The molecule has 1 N–H and O–H groups in total. The lowest BCUT2D eigenvalue weighted by molar-refractivity contribution is -0.120. The van der Waals surface area contributed by atoms with Gasteiger partial charge in [-0.05, 0) is 106 Å². The fourth-order valence-electron chi connectivity index (χ4n) is 7.86. The Morgan fingerprint density at radius 1 is 1.00 bits per heavy atom. The highest BCUT2D eigenvalue weighted by Gasteiger charge is 2.57. The van der Waals surface area contributed by atoms with Crippen molar-refractivity contribution in [3.05, 3.63) is 0 Å². The molecule has 0 aromatic carbocycles. The van der Waals surface area contributed by atoms with Crippen LogP contribution >= 0.6 is 15.9 Å². The zero-order valence-electron chi connectivity index (χ0n) is 16.0. The molecule has 0 unspecified atom stereocenters. The van der Waals surface area contributed by atoms with E-state index in [-0.39, 0.29) is 0 Å². The summed E-state index contributed by atoms with van der Waals surface area (Å²) in [7, 11) is 0. The average Bonchev–Trinajstić information content (AvgIpc) is 2.90. The number of halogens is 1. The van der Waals surface area contributed by atoms with Crippen molar-refractivity contribution in [3.8, 4) is 0 Å². The summed E-state index contributed by atoms with van der Waals surface area (Å²) >= 11 is 3.36. The Kier molecular flexibility index (Phi) is 4.89. The smallest absolute Gasteiger partial charge is 0.143 e. The Morgan fingerprint density at radius 3 is 2.52 bits per heavy atom. The molecular weight excluding hydrogens is 376 g/mol. The van der Waals surface area contributed by atoms with Gasteiger partial charge >= 0.3 is 0 Å². The first-order valence-electron chi connectivity index (χ1n) is 10.6. The first kappa shape index (κ1) is 18.5. The van der Waals surface area contributed by atoms with Gasteiger partial charge in [-0.15, -0.1) is 0 Å². The first-order valence-corrected chi connectivity index (χ1v) is 11.8. The van der Waals surface area contributed by atoms with Gasteiger partial charge in [-0.2, -0.15) is 0 Å². The minimum atomic E-state index is -0.411. The van der Waals surface area contributed by atoms with Gasteiger partial charge < -0.3 is 5.11 Å². The fourth-order valence-corrected chi connectivity index (χ4v) is 8.08. The monoisotopic (exact) mass is 410 g/mol. The summed E-state index contributed by atoms with van der Waals surface area (Å²) in [6.07, 6.45) is 12.1. The number of carbonyl (C=O) groups excluding carboxylic acids is 1. The zero-order valence-corrected chi connectivity index (χ0v) is 17.6. The third-order valence-corrected chi connectivity index (χ3v) is 9.68. The number of hydrogen-bond donors (Lipinski definition) is 1. The molecule has 4 rings (SSSR count). The molecule has 0 bridgehead atoms. The Labute approximate surface area is 161 Å². The SMILES string of the molecule is C[C@@]1(O)CC[C@H]2[C@H](CC[C@@H]3[C@@H]2CC[C@]2(C)[C@@H](CC(=O)CBr)CC[C@@H]32)C1. The molecule has 0 radical (unpaired) electrons. The molecule has 3 heteroatoms. The molecule has 0 aromatic rings. The van der Waals surface area contributed by atoms with Gasteiger partial charge in [-0.1, -0.05) is 22.9 Å². The van der Waals surface area contributed by atoms with Crippen molar-refractivity contribution < 1.29 is 9.90 Å². The van der Waals surface area contributed by atoms with E-state index in [2.05, 4.69) is 29.8 Å². The van der Waals surface area contributed by atoms with Gasteiger partial charge in [0, 0.05) is 6.42 Å². The summed E-state index contributed by atoms with van der Waals surface area (Å²) < 4.78 is 0. The van der Waals surface area contributed by atoms with Gasteiger partial charge in [-0.3, -0.25) is 4.79 Å². The number of carbonyl (C=O) groups is 1. The van der Waals surface area contributed by atoms with E-state index in [1.165, 1.54) is 44.9 Å². The molecule has 4 aliphatic carbocycles. The Morgan fingerprint density at radius 2 is 1.76 bits per heavy atom. The average molecular weight is 411 g/mol. The fraction of sp³-hybridized carbons (Fsp3) is 0.955. The second-order valence-electron chi connectivity index (χ2n) is 10.4. The van der Waals surface area contributed by atoms with Crippen LogP contribution in [0.25, 0.3) is 0 Å². The molecule has 2 nitrogen and oxygen atoms in total. The second-order valence-corrected chi connectivity index (χ2v) is 10.9. The third kappa shape index (κ3) is 3.16. The summed E-state index contributed by atoms with van der Waals surface area (Å²) in [5, 5.41) is 11.0. The molecule has 4 aliphatic rings. The van der Waals surface area contributed by atoms with Crippen molar-refractivity contribution in [2.45, 2.75) is 83.7 Å². The van der Waals surface area contributed by atoms with Crippen molar-refractivity contribution >= 4 is 21.7 Å². The summed E-state index contributed by atoms with van der Waals surface area (Å²) in [5.74, 6) is 5.29. The van der Waals surface area contributed by atoms with E-state index >= 15 is 0 Å². The predicted molar refractivity (Wildman–Crippen MR) is 105 cm³/mol. The Balaban J connectivity index is 1.50. The molecule has 0 aliphatic heterocycles. The van der Waals surface area contributed by atoms with Gasteiger partial charge in [0.25, 0.3) is 0 Å². The minimum Gasteiger partial charge on any atom is -0.390 e. The molecule has 4 saturated carbocycles. The van der Waals surface area contributed by atoms with Crippen LogP contribution in [0.15, 0.2) is 0 Å². The maximum Gasteiger partial charge on any atom is 0.143 e. The van der Waals surface area contributed by atoms with Crippen LogP contribution in [-0.4, -0.2) is 21.8 Å². The van der Waals surface area contributed by atoms with Crippen molar-refractivity contribution in [2.24, 2.45) is 40.9 Å². The lowest BCUT2D eigenvalue weighted by Gasteiger charge is -2.57. The van der Waals surface area contributed by atoms with Crippen LogP contribution in [0.5, 0.6) is 0 Å². The Bertz CT molecular complexity index is 530. The number of alkyl halides is 1. The van der Waals surface area contributed by atoms with Crippen molar-refractivity contribution in [1.29, 1.82) is 0 Å². The number of fused-ring (bicyclic) bond motifs is 5. The molecule has 142 valence electrons. The summed E-state index contributed by atoms with van der Waals surface area (Å²) in [4.78, 5) is 12.0. The lowest BCUT2D eigenvalue weighted by atomic mass is 9.49. The summed E-state index contributed by atoms with van der Waals surface area (Å²) in [5.41, 5.74) is -0.00231. The van der Waals surface area contributed by atoms with Crippen LogP contribution < -0.4 is 0 Å². The van der Waals surface area contributed by atoms with E-state index in [9.17, 15) is 9.90 Å². The minimum absolute atomic E-state index is 0.396. The van der Waals surface area contributed by atoms with Crippen molar-refractivity contribution in [2.75, 3.05) is 5.33 Å². The van der Waals surface area contributed by atoms with Crippen LogP contribution in [0.3, 0.4) is 0 Å². The maximum absolute atomic E-state index is 12.0. The molecule has 0 saturated heterocycles. The third-order valence-electron chi connectivity index (χ3n) is 9.06. The number of ketones is 1. The second kappa shape index (κ2) is 6.62. The zero-order chi connectivity index (χ0) is 17.8. The number of aliphatic hydroxyl groups is 1. The number of Topliss-reactive ketones (excluding diaryl/α,β-unsaturated/α-hetero) is 1. The molecular formula is C22H35BrO2. The molecule has 25 heavy (non-hydrogen) atoms. The highest BCUT2D eigenvalue weighted by atomic mass is 79.9. The van der Waals surface area contributed by atoms with E-state index < -0.39 is 5.60 Å². The van der Waals surface area contributed by atoms with Crippen molar-refractivity contribution in [3.63, 3.8) is 0 Å². The Hall–Kier alpha value is 0.110. The number of rotatable bonds is 3. The van der Waals surface area contributed by atoms with Crippen LogP contribution in [0.4, 0.5) is 0 Å². The molecule has 0 amide bonds. The standard InChI is InChI=1S/C22H35BrO2/c1-21(25)9-7-17-14(12-21)3-5-19-18(17)8-10-22(2)15(4-6-20(19)22)11-16(24)13-23/h14-15,17-20,25H,3-13H2,1-2H3/t14-,15-,17+,18-,19-,20+,21-,22-/m1/s1. The molecule has 8 atom stereocenters. The number of hydrogen-bond acceptors (Lipinski definition) is 2. The summed E-state index contributed by atoms with van der Waals surface area (Å²) in [6.45, 7) is 4.57. The highest BCUT2D eigenvalue weighted by Crippen LogP contribution is 2.65. The van der Waals surface area contributed by atoms with Crippen LogP contribution in [0, 0.1) is 40.9 Å². The van der Waals surface area contributed by atoms with Crippen LogP contribution in [0.2, 0.25) is 0 Å². The van der Waals surface area contributed by atoms with Crippen LogP contribution in [-0.2, 0) is 4.79 Å². The van der Waals surface area contributed by atoms with E-state index in [1.807, 2.05) is 0 Å². The van der Waals surface area contributed by atoms with Crippen molar-refractivity contribution in [1.82, 2.24) is 0 Å². The molecule has 4 fully saturated rings. The van der Waals surface area contributed by atoms with E-state index in [4.69, 9.17) is 0 Å². The van der Waals surface area contributed by atoms with E-state index in [0.29, 0.717) is 22.4 Å². The largest absolute Gasteiger partial charge is 0.390 e. The van der Waals surface area contributed by atoms with Gasteiger partial charge in [0.1, 0.15) is 5.78 Å². The molecule has 0 spiro atoms. The predicted octanol–water partition coefficient (Wildman–Crippen LogP) is 5.36. The molecule has 0 heterocycles. The maximum atomic E-state index is 12.0. The van der Waals surface area contributed by atoms with Gasteiger partial charge in [0.15, 0.2) is 0 Å². The van der Waals surface area contributed by atoms with Gasteiger partial charge in [0.05, 0.1) is 10.9 Å². The summed E-state index contributed by atoms with van der Waals surface area (Å²) in [6, 6.07) is 0. The quantitative estimate of drug-likeness (QED) is 0.635. The van der Waals surface area contributed by atoms with Gasteiger partial charge in [0.2, 0.25) is 0 Å². The topological polar surface area (TPSA) is 37.3 Å².